The first-order valence-corrected chi connectivity index (χ1v) is 8.26. The highest BCUT2D eigenvalue weighted by Gasteiger charge is 2.48. The number of aryl methyl sites for hydroxylation is 2. The number of rotatable bonds is 1. The van der Waals surface area contributed by atoms with E-state index in [2.05, 4.69) is 49.2 Å². The van der Waals surface area contributed by atoms with Crippen molar-refractivity contribution in [3.63, 3.8) is 0 Å². The van der Waals surface area contributed by atoms with E-state index in [1.54, 1.807) is 5.56 Å². The molecule has 0 bridgehead atoms. The molecule has 1 aromatic carbocycles. The summed E-state index contributed by atoms with van der Waals surface area (Å²) >= 11 is 0. The molecule has 1 saturated carbocycles. The molecule has 2 heterocycles. The third kappa shape index (κ3) is 1.80. The molecule has 0 N–H and O–H groups in total. The van der Waals surface area contributed by atoms with E-state index in [1.807, 2.05) is 4.68 Å². The molecular formula is C18H25N3. The van der Waals surface area contributed by atoms with Crippen molar-refractivity contribution in [3.8, 4) is 0 Å². The number of hydrogen-bond donors (Lipinski definition) is 0. The molecule has 4 rings (SSSR count). The lowest BCUT2D eigenvalue weighted by molar-refractivity contribution is 0.182. The fourth-order valence-corrected chi connectivity index (χ4v) is 4.92. The molecule has 0 unspecified atom stereocenters. The van der Waals surface area contributed by atoms with Crippen LogP contribution < -0.4 is 0 Å². The topological polar surface area (TPSA) is 21.1 Å². The first kappa shape index (κ1) is 13.3. The number of nitrogens with zero attached hydrogens (tertiary/aromatic N) is 3. The number of hydrogen-bond acceptors (Lipinski definition) is 2. The second kappa shape index (κ2) is 4.57. The molecule has 2 aliphatic rings. The van der Waals surface area contributed by atoms with Crippen LogP contribution in [-0.2, 0) is 12.5 Å². The Balaban J connectivity index is 1.86. The Morgan fingerprint density at radius 1 is 1.19 bits per heavy atom. The molecule has 21 heavy (non-hydrogen) atoms. The highest BCUT2D eigenvalue weighted by Crippen LogP contribution is 2.48. The lowest BCUT2D eigenvalue weighted by Crippen LogP contribution is -2.43. The van der Waals surface area contributed by atoms with Crippen LogP contribution >= 0.6 is 0 Å². The molecule has 1 saturated heterocycles. The van der Waals surface area contributed by atoms with Crippen molar-refractivity contribution in [3.05, 3.63) is 29.5 Å². The Hall–Kier alpha value is -1.35. The van der Waals surface area contributed by atoms with Gasteiger partial charge < -0.3 is 4.90 Å². The van der Waals surface area contributed by atoms with Gasteiger partial charge in [-0.25, -0.2) is 0 Å². The minimum absolute atomic E-state index is 0.388. The maximum Gasteiger partial charge on any atom is 0.0684 e. The van der Waals surface area contributed by atoms with Crippen molar-refractivity contribution < 1.29 is 0 Å². The first-order chi connectivity index (χ1) is 10.1. The minimum atomic E-state index is 0.388. The Labute approximate surface area is 126 Å². The van der Waals surface area contributed by atoms with Gasteiger partial charge in [0.1, 0.15) is 0 Å². The van der Waals surface area contributed by atoms with Crippen molar-refractivity contribution in [2.75, 3.05) is 13.6 Å². The number of fused-ring (bicyclic) bond motifs is 2. The Bertz CT molecular complexity index is 683. The van der Waals surface area contributed by atoms with Gasteiger partial charge in [-0.1, -0.05) is 25.0 Å². The zero-order chi connectivity index (χ0) is 14.6. The average molecular weight is 283 g/mol. The summed E-state index contributed by atoms with van der Waals surface area (Å²) < 4.78 is 2.04. The highest BCUT2D eigenvalue weighted by atomic mass is 15.3. The summed E-state index contributed by atoms with van der Waals surface area (Å²) in [6, 6.07) is 7.84. The van der Waals surface area contributed by atoms with Crippen LogP contribution in [0.25, 0.3) is 10.9 Å². The van der Waals surface area contributed by atoms with Gasteiger partial charge in [0.2, 0.25) is 0 Å². The Morgan fingerprint density at radius 3 is 2.90 bits per heavy atom. The summed E-state index contributed by atoms with van der Waals surface area (Å²) in [6.45, 7) is 3.35. The van der Waals surface area contributed by atoms with E-state index in [0.717, 1.165) is 11.7 Å². The molecule has 1 aromatic heterocycles. The molecule has 2 aromatic rings. The number of likely N-dealkylation sites (tertiary alicyclic amines) is 1. The van der Waals surface area contributed by atoms with Crippen LogP contribution in [0.5, 0.6) is 0 Å². The maximum atomic E-state index is 4.58. The van der Waals surface area contributed by atoms with Crippen LogP contribution in [-0.4, -0.2) is 34.3 Å². The van der Waals surface area contributed by atoms with Gasteiger partial charge in [-0.15, -0.1) is 0 Å². The van der Waals surface area contributed by atoms with Gasteiger partial charge in [-0.2, -0.15) is 5.10 Å². The zero-order valence-corrected chi connectivity index (χ0v) is 13.4. The average Bonchev–Trinajstić information content (AvgIpc) is 2.99. The summed E-state index contributed by atoms with van der Waals surface area (Å²) in [6.07, 6.45) is 6.80. The fraction of sp³-hybridized carbons (Fsp3) is 0.611. The Kier molecular flexibility index (Phi) is 2.90. The van der Waals surface area contributed by atoms with Gasteiger partial charge in [0.05, 0.1) is 11.2 Å². The van der Waals surface area contributed by atoms with Gasteiger partial charge in [-0.05, 0) is 51.4 Å². The van der Waals surface area contributed by atoms with Crippen molar-refractivity contribution in [1.29, 1.82) is 0 Å². The number of benzene rings is 1. The van der Waals surface area contributed by atoms with Crippen molar-refractivity contribution in [2.24, 2.45) is 7.05 Å². The minimum Gasteiger partial charge on any atom is -0.302 e. The second-order valence-electron chi connectivity index (χ2n) is 7.09. The molecule has 1 aliphatic carbocycles. The zero-order valence-electron chi connectivity index (χ0n) is 13.4. The van der Waals surface area contributed by atoms with E-state index < -0.39 is 0 Å². The summed E-state index contributed by atoms with van der Waals surface area (Å²) in [7, 11) is 4.38. The molecular weight excluding hydrogens is 258 g/mol. The molecule has 0 amide bonds. The molecule has 2 atom stereocenters. The summed E-state index contributed by atoms with van der Waals surface area (Å²) in [5.41, 5.74) is 4.37. The number of likely N-dealkylation sites (N-methyl/N-ethyl adjacent to an activating group) is 1. The fourth-order valence-electron chi connectivity index (χ4n) is 4.92. The standard InChI is InChI=1S/C18H25N3/c1-13-15-8-7-14(12-16(15)21(3)19-13)18-9-5-4-6-17(18)20(2)11-10-18/h7-8,12,17H,4-6,9-11H2,1-3H3/t17-,18-/m0/s1. The third-order valence-electron chi connectivity index (χ3n) is 6.04. The normalized spacial score (nSPS) is 30.0. The van der Waals surface area contributed by atoms with Gasteiger partial charge in [0.25, 0.3) is 0 Å². The van der Waals surface area contributed by atoms with E-state index >= 15 is 0 Å². The quantitative estimate of drug-likeness (QED) is 0.800. The molecule has 3 heteroatoms. The van der Waals surface area contributed by atoms with Crippen LogP contribution in [0.1, 0.15) is 43.4 Å². The van der Waals surface area contributed by atoms with Crippen molar-refractivity contribution in [1.82, 2.24) is 14.7 Å². The SMILES string of the molecule is Cc1nn(C)c2cc([C@@]34CCCC[C@@H]3N(C)CC4)ccc12. The predicted molar refractivity (Wildman–Crippen MR) is 86.6 cm³/mol. The largest absolute Gasteiger partial charge is 0.302 e. The van der Waals surface area contributed by atoms with E-state index in [9.17, 15) is 0 Å². The van der Waals surface area contributed by atoms with Gasteiger partial charge in [-0.3, -0.25) is 4.68 Å². The van der Waals surface area contributed by atoms with E-state index in [1.165, 1.54) is 49.6 Å². The van der Waals surface area contributed by atoms with Crippen molar-refractivity contribution >= 4 is 10.9 Å². The maximum absolute atomic E-state index is 4.58. The first-order valence-electron chi connectivity index (χ1n) is 8.26. The third-order valence-corrected chi connectivity index (χ3v) is 6.04. The van der Waals surface area contributed by atoms with Gasteiger partial charge >= 0.3 is 0 Å². The molecule has 0 radical (unpaired) electrons. The Morgan fingerprint density at radius 2 is 2.05 bits per heavy atom. The van der Waals surface area contributed by atoms with Crippen LogP contribution in [0.3, 0.4) is 0 Å². The highest BCUT2D eigenvalue weighted by molar-refractivity contribution is 5.82. The molecule has 3 nitrogen and oxygen atoms in total. The van der Waals surface area contributed by atoms with E-state index in [0.29, 0.717) is 5.41 Å². The molecule has 1 aliphatic heterocycles. The monoisotopic (exact) mass is 283 g/mol. The predicted octanol–water partition coefficient (Wildman–Crippen LogP) is 3.40. The summed E-state index contributed by atoms with van der Waals surface area (Å²) in [5, 5.41) is 5.88. The summed E-state index contributed by atoms with van der Waals surface area (Å²) in [5.74, 6) is 0. The van der Waals surface area contributed by atoms with Crippen LogP contribution in [0, 0.1) is 6.92 Å². The van der Waals surface area contributed by atoms with Crippen molar-refractivity contribution in [2.45, 2.75) is 50.5 Å². The molecule has 2 fully saturated rings. The smallest absolute Gasteiger partial charge is 0.0684 e. The molecule has 112 valence electrons. The van der Waals surface area contributed by atoms with Crippen LogP contribution in [0.4, 0.5) is 0 Å². The summed E-state index contributed by atoms with van der Waals surface area (Å²) in [4.78, 5) is 2.60. The van der Waals surface area contributed by atoms with Crippen LogP contribution in [0.2, 0.25) is 0 Å². The van der Waals surface area contributed by atoms with E-state index in [-0.39, 0.29) is 0 Å². The van der Waals surface area contributed by atoms with Crippen LogP contribution in [0.15, 0.2) is 18.2 Å². The van der Waals surface area contributed by atoms with Gasteiger partial charge in [0.15, 0.2) is 0 Å². The number of aromatic nitrogens is 2. The lowest BCUT2D eigenvalue weighted by Gasteiger charge is -2.41. The second-order valence-corrected chi connectivity index (χ2v) is 7.09. The van der Waals surface area contributed by atoms with E-state index in [4.69, 9.17) is 0 Å². The molecule has 0 spiro atoms. The lowest BCUT2D eigenvalue weighted by atomic mass is 9.66. The van der Waals surface area contributed by atoms with Gasteiger partial charge in [0, 0.05) is 23.9 Å².